The summed E-state index contributed by atoms with van der Waals surface area (Å²) in [5.41, 5.74) is -0.126. The number of hydrogen-bond acceptors (Lipinski definition) is 6. The lowest BCUT2D eigenvalue weighted by atomic mass is 10.0. The molecule has 0 radical (unpaired) electrons. The van der Waals surface area contributed by atoms with E-state index in [2.05, 4.69) is 10.6 Å². The van der Waals surface area contributed by atoms with E-state index in [4.69, 9.17) is 9.47 Å². The molecule has 0 aliphatic carbocycles. The highest BCUT2D eigenvalue weighted by Gasteiger charge is 2.24. The maximum atomic E-state index is 12.1. The summed E-state index contributed by atoms with van der Waals surface area (Å²) in [6, 6.07) is 2.62. The molecule has 1 heterocycles. The molecule has 1 amide bonds. The van der Waals surface area contributed by atoms with Crippen LogP contribution in [0.3, 0.4) is 0 Å². The van der Waals surface area contributed by atoms with Crippen LogP contribution in [-0.2, 0) is 0 Å². The molecule has 2 N–H and O–H groups in total. The quantitative estimate of drug-likeness (QED) is 0.587. The number of nitro benzene ring substituents is 1. The van der Waals surface area contributed by atoms with Crippen LogP contribution in [0.15, 0.2) is 12.1 Å². The first kappa shape index (κ1) is 15.0. The predicted octanol–water partition coefficient (Wildman–Crippen LogP) is 0.561. The number of amides is 1. The summed E-state index contributed by atoms with van der Waals surface area (Å²) in [4.78, 5) is 22.6. The highest BCUT2D eigenvalue weighted by molar-refractivity contribution is 5.96. The van der Waals surface area contributed by atoms with Crippen LogP contribution in [0, 0.1) is 16.0 Å². The Hall–Kier alpha value is -2.35. The minimum atomic E-state index is -0.603. The van der Waals surface area contributed by atoms with Crippen molar-refractivity contribution in [3.05, 3.63) is 27.8 Å². The number of nitrogens with one attached hydrogen (secondary N) is 2. The minimum Gasteiger partial charge on any atom is -0.493 e. The maximum absolute atomic E-state index is 12.1. The molecule has 8 heteroatoms. The molecule has 2 rings (SSSR count). The van der Waals surface area contributed by atoms with Crippen molar-refractivity contribution in [3.8, 4) is 11.5 Å². The molecule has 1 aromatic rings. The summed E-state index contributed by atoms with van der Waals surface area (Å²) < 4.78 is 10.0. The summed E-state index contributed by atoms with van der Waals surface area (Å²) in [6.45, 7) is 2.27. The van der Waals surface area contributed by atoms with Crippen LogP contribution in [0.1, 0.15) is 10.4 Å². The van der Waals surface area contributed by atoms with E-state index in [1.165, 1.54) is 26.4 Å². The van der Waals surface area contributed by atoms with Crippen LogP contribution in [0.25, 0.3) is 0 Å². The Morgan fingerprint density at radius 1 is 1.43 bits per heavy atom. The van der Waals surface area contributed by atoms with Crippen molar-refractivity contribution in [1.29, 1.82) is 0 Å². The number of rotatable bonds is 6. The van der Waals surface area contributed by atoms with Gasteiger partial charge >= 0.3 is 5.69 Å². The van der Waals surface area contributed by atoms with Gasteiger partial charge in [0, 0.05) is 31.6 Å². The topological polar surface area (TPSA) is 103 Å². The molecule has 1 aliphatic heterocycles. The second kappa shape index (κ2) is 6.40. The number of carbonyl (C=O) groups is 1. The standard InChI is InChI=1S/C13H17N3O5/c1-20-11-4-9(3-10(16(18)19)12(11)21-2)13(17)15-7-8-5-14-6-8/h3-4,8,14H,5-7H2,1-2H3,(H,15,17). The smallest absolute Gasteiger partial charge is 0.315 e. The first-order chi connectivity index (χ1) is 10.1. The van der Waals surface area contributed by atoms with Crippen molar-refractivity contribution in [2.24, 2.45) is 5.92 Å². The van der Waals surface area contributed by atoms with E-state index < -0.39 is 4.92 Å². The maximum Gasteiger partial charge on any atom is 0.315 e. The molecule has 1 aromatic carbocycles. The van der Waals surface area contributed by atoms with Gasteiger partial charge in [0.1, 0.15) is 0 Å². The fourth-order valence-corrected chi connectivity index (χ4v) is 2.04. The number of methoxy groups -OCH3 is 2. The van der Waals surface area contributed by atoms with Crippen molar-refractivity contribution < 1.29 is 19.2 Å². The zero-order chi connectivity index (χ0) is 15.4. The summed E-state index contributed by atoms with van der Waals surface area (Å²) in [5, 5.41) is 16.9. The Bertz CT molecular complexity index is 557. The molecular formula is C13H17N3O5. The van der Waals surface area contributed by atoms with Crippen LogP contribution in [0.5, 0.6) is 11.5 Å². The number of carbonyl (C=O) groups excluding carboxylic acids is 1. The van der Waals surface area contributed by atoms with Crippen LogP contribution in [0.2, 0.25) is 0 Å². The highest BCUT2D eigenvalue weighted by Crippen LogP contribution is 2.37. The normalized spacial score (nSPS) is 14.2. The van der Waals surface area contributed by atoms with Crippen molar-refractivity contribution in [2.75, 3.05) is 33.9 Å². The number of benzene rings is 1. The van der Waals surface area contributed by atoms with Crippen molar-refractivity contribution >= 4 is 11.6 Å². The van der Waals surface area contributed by atoms with E-state index in [0.717, 1.165) is 13.1 Å². The number of hydrogen-bond donors (Lipinski definition) is 2. The van der Waals surface area contributed by atoms with Crippen molar-refractivity contribution in [1.82, 2.24) is 10.6 Å². The zero-order valence-electron chi connectivity index (χ0n) is 11.8. The molecule has 1 fully saturated rings. The van der Waals surface area contributed by atoms with E-state index in [-0.39, 0.29) is 28.7 Å². The minimum absolute atomic E-state index is 0.00208. The number of ether oxygens (including phenoxy) is 2. The van der Waals surface area contributed by atoms with Crippen LogP contribution in [0.4, 0.5) is 5.69 Å². The van der Waals surface area contributed by atoms with Gasteiger partial charge in [-0.05, 0) is 6.07 Å². The zero-order valence-corrected chi connectivity index (χ0v) is 11.8. The van der Waals surface area contributed by atoms with Gasteiger partial charge in [0.05, 0.1) is 24.7 Å². The average molecular weight is 295 g/mol. The third kappa shape index (κ3) is 3.22. The molecule has 21 heavy (non-hydrogen) atoms. The molecule has 0 spiro atoms. The van der Waals surface area contributed by atoms with Gasteiger partial charge in [-0.25, -0.2) is 0 Å². The monoisotopic (exact) mass is 295 g/mol. The average Bonchev–Trinajstić information content (AvgIpc) is 2.43. The van der Waals surface area contributed by atoms with E-state index in [1.807, 2.05) is 0 Å². The van der Waals surface area contributed by atoms with E-state index in [1.54, 1.807) is 0 Å². The summed E-state index contributed by atoms with van der Waals surface area (Å²) >= 11 is 0. The van der Waals surface area contributed by atoms with Gasteiger partial charge in [0.2, 0.25) is 5.75 Å². The molecule has 114 valence electrons. The molecule has 0 bridgehead atoms. The SMILES string of the molecule is COc1cc(C(=O)NCC2CNC2)cc([N+](=O)[O-])c1OC. The molecule has 0 unspecified atom stereocenters. The largest absolute Gasteiger partial charge is 0.493 e. The van der Waals surface area contributed by atoms with Crippen LogP contribution >= 0.6 is 0 Å². The Morgan fingerprint density at radius 2 is 2.14 bits per heavy atom. The van der Waals surface area contributed by atoms with Gasteiger partial charge in [0.25, 0.3) is 5.91 Å². The Labute approximate surface area is 121 Å². The lowest BCUT2D eigenvalue weighted by Crippen LogP contribution is -2.48. The summed E-state index contributed by atoms with van der Waals surface area (Å²) in [7, 11) is 2.68. The van der Waals surface area contributed by atoms with Gasteiger partial charge in [-0.3, -0.25) is 14.9 Å². The van der Waals surface area contributed by atoms with Crippen LogP contribution in [-0.4, -0.2) is 44.7 Å². The molecule has 0 saturated carbocycles. The first-order valence-corrected chi connectivity index (χ1v) is 6.46. The fraction of sp³-hybridized carbons (Fsp3) is 0.462. The summed E-state index contributed by atoms with van der Waals surface area (Å²) in [6.07, 6.45) is 0. The molecule has 0 aromatic heterocycles. The predicted molar refractivity (Wildman–Crippen MR) is 74.9 cm³/mol. The van der Waals surface area contributed by atoms with Crippen molar-refractivity contribution in [2.45, 2.75) is 0 Å². The number of nitrogens with zero attached hydrogens (tertiary/aromatic N) is 1. The molecule has 8 nitrogen and oxygen atoms in total. The number of nitro groups is 1. The Balaban J connectivity index is 2.23. The third-order valence-corrected chi connectivity index (χ3v) is 3.34. The second-order valence-corrected chi connectivity index (χ2v) is 4.72. The Kier molecular flexibility index (Phi) is 4.59. The van der Waals surface area contributed by atoms with E-state index >= 15 is 0 Å². The molecule has 0 atom stereocenters. The van der Waals surface area contributed by atoms with Gasteiger partial charge in [0.15, 0.2) is 5.75 Å². The molecule has 1 aliphatic rings. The van der Waals surface area contributed by atoms with Gasteiger partial charge in [-0.1, -0.05) is 0 Å². The van der Waals surface area contributed by atoms with Crippen molar-refractivity contribution in [3.63, 3.8) is 0 Å². The molecular weight excluding hydrogens is 278 g/mol. The highest BCUT2D eigenvalue weighted by atomic mass is 16.6. The Morgan fingerprint density at radius 3 is 2.62 bits per heavy atom. The lowest BCUT2D eigenvalue weighted by Gasteiger charge is -2.27. The third-order valence-electron chi connectivity index (χ3n) is 3.34. The van der Waals surface area contributed by atoms with Gasteiger partial charge < -0.3 is 20.1 Å². The summed E-state index contributed by atoms with van der Waals surface area (Å²) in [5.74, 6) is 0.194. The fourth-order valence-electron chi connectivity index (χ4n) is 2.04. The van der Waals surface area contributed by atoms with E-state index in [9.17, 15) is 14.9 Å². The lowest BCUT2D eigenvalue weighted by molar-refractivity contribution is -0.385. The molecule has 1 saturated heterocycles. The van der Waals surface area contributed by atoms with E-state index in [0.29, 0.717) is 12.5 Å². The van der Waals surface area contributed by atoms with Crippen LogP contribution < -0.4 is 20.1 Å². The second-order valence-electron chi connectivity index (χ2n) is 4.72. The first-order valence-electron chi connectivity index (χ1n) is 6.46. The van der Waals surface area contributed by atoms with Gasteiger partial charge in [-0.2, -0.15) is 0 Å². The van der Waals surface area contributed by atoms with Gasteiger partial charge in [-0.15, -0.1) is 0 Å².